The van der Waals surface area contributed by atoms with Gasteiger partial charge < -0.3 is 20.7 Å². The summed E-state index contributed by atoms with van der Waals surface area (Å²) in [5.74, 6) is 0. The van der Waals surface area contributed by atoms with Gasteiger partial charge in [0, 0.05) is 11.2 Å². The van der Waals surface area contributed by atoms with Crippen LogP contribution in [0.1, 0.15) is 0 Å². The number of para-hydroxylation sites is 1. The van der Waals surface area contributed by atoms with E-state index >= 15 is 0 Å². The average molecular weight is 307 g/mol. The molecule has 2 aromatic rings. The summed E-state index contributed by atoms with van der Waals surface area (Å²) in [5, 5.41) is 24.9. The Balaban J connectivity index is 2.10. The van der Waals surface area contributed by atoms with E-state index in [2.05, 4.69) is 10.6 Å². The van der Waals surface area contributed by atoms with Gasteiger partial charge >= 0.3 is 7.12 Å². The summed E-state index contributed by atoms with van der Waals surface area (Å²) in [6.07, 6.45) is 0. The lowest BCUT2D eigenvalue weighted by Gasteiger charge is -2.13. The van der Waals surface area contributed by atoms with Crippen LogP contribution >= 0.6 is 23.8 Å². The van der Waals surface area contributed by atoms with Crippen molar-refractivity contribution in [2.24, 2.45) is 0 Å². The number of nitrogens with one attached hydrogen (secondary N) is 2. The lowest BCUT2D eigenvalue weighted by molar-refractivity contribution is 0.426. The van der Waals surface area contributed by atoms with Gasteiger partial charge in [-0.1, -0.05) is 41.9 Å². The summed E-state index contributed by atoms with van der Waals surface area (Å²) in [6, 6.07) is 14.3. The first-order chi connectivity index (χ1) is 9.58. The highest BCUT2D eigenvalue weighted by atomic mass is 35.5. The topological polar surface area (TPSA) is 64.5 Å². The SMILES string of the molecule is OB(O)c1cccc(NC(=S)Nc2ccccc2)c1Cl. The molecule has 0 amide bonds. The Bertz CT molecular complexity index is 611. The minimum Gasteiger partial charge on any atom is -0.423 e. The number of anilines is 2. The molecule has 0 atom stereocenters. The van der Waals surface area contributed by atoms with Crippen molar-refractivity contribution in [1.82, 2.24) is 0 Å². The molecule has 2 rings (SSSR count). The van der Waals surface area contributed by atoms with Crippen LogP contribution in [0.2, 0.25) is 5.02 Å². The predicted molar refractivity (Wildman–Crippen MR) is 87.6 cm³/mol. The van der Waals surface area contributed by atoms with E-state index < -0.39 is 7.12 Å². The van der Waals surface area contributed by atoms with Crippen molar-refractivity contribution in [1.29, 1.82) is 0 Å². The van der Waals surface area contributed by atoms with Crippen LogP contribution in [0.25, 0.3) is 0 Å². The third kappa shape index (κ3) is 3.71. The van der Waals surface area contributed by atoms with Crippen molar-refractivity contribution in [3.05, 3.63) is 53.6 Å². The second-order valence-electron chi connectivity index (χ2n) is 4.03. The summed E-state index contributed by atoms with van der Waals surface area (Å²) < 4.78 is 0. The molecule has 0 aliphatic carbocycles. The van der Waals surface area contributed by atoms with Crippen LogP contribution in [-0.2, 0) is 0 Å². The summed E-state index contributed by atoms with van der Waals surface area (Å²) in [5.41, 5.74) is 1.57. The third-order valence-corrected chi connectivity index (χ3v) is 3.21. The quantitative estimate of drug-likeness (QED) is 0.515. The van der Waals surface area contributed by atoms with Gasteiger partial charge in [0.2, 0.25) is 0 Å². The highest BCUT2D eigenvalue weighted by Crippen LogP contribution is 2.19. The van der Waals surface area contributed by atoms with Gasteiger partial charge in [-0.15, -0.1) is 0 Å². The molecule has 102 valence electrons. The minimum absolute atomic E-state index is 0.221. The molecule has 0 radical (unpaired) electrons. The first-order valence-corrected chi connectivity index (χ1v) is 6.64. The van der Waals surface area contributed by atoms with Gasteiger partial charge in [0.25, 0.3) is 0 Å². The molecule has 0 saturated carbocycles. The molecule has 0 spiro atoms. The standard InChI is InChI=1S/C13H12BClN2O2S/c15-12-10(14(18)19)7-4-8-11(12)17-13(20)16-9-5-2-1-3-6-9/h1-8,18-19H,(H2,16,17,20). The molecule has 7 heteroatoms. The van der Waals surface area contributed by atoms with Crippen molar-refractivity contribution in [3.8, 4) is 0 Å². The number of halogens is 1. The van der Waals surface area contributed by atoms with Crippen LogP contribution in [-0.4, -0.2) is 22.3 Å². The van der Waals surface area contributed by atoms with Crippen LogP contribution in [0.4, 0.5) is 11.4 Å². The molecule has 0 aliphatic heterocycles. The maximum Gasteiger partial charge on any atom is 0.490 e. The van der Waals surface area contributed by atoms with Crippen LogP contribution in [0, 0.1) is 0 Å². The van der Waals surface area contributed by atoms with E-state index in [-0.39, 0.29) is 10.5 Å². The smallest absolute Gasteiger partial charge is 0.423 e. The molecule has 0 aliphatic rings. The van der Waals surface area contributed by atoms with Crippen molar-refractivity contribution >= 4 is 52.9 Å². The first kappa shape index (κ1) is 14.8. The Morgan fingerprint density at radius 1 is 1.00 bits per heavy atom. The van der Waals surface area contributed by atoms with Crippen molar-refractivity contribution in [2.45, 2.75) is 0 Å². The molecule has 0 aromatic heterocycles. The fraction of sp³-hybridized carbons (Fsp3) is 0. The Hall–Kier alpha value is -1.60. The monoisotopic (exact) mass is 306 g/mol. The Morgan fingerprint density at radius 2 is 1.70 bits per heavy atom. The predicted octanol–water partition coefficient (Wildman–Crippen LogP) is 1.83. The zero-order chi connectivity index (χ0) is 14.5. The minimum atomic E-state index is -1.63. The maximum atomic E-state index is 9.19. The highest BCUT2D eigenvalue weighted by Gasteiger charge is 2.17. The summed E-state index contributed by atoms with van der Waals surface area (Å²) in [6.45, 7) is 0. The number of rotatable bonds is 3. The highest BCUT2D eigenvalue weighted by molar-refractivity contribution is 7.80. The van der Waals surface area contributed by atoms with Gasteiger partial charge in [0.1, 0.15) is 0 Å². The van der Waals surface area contributed by atoms with Gasteiger partial charge in [-0.25, -0.2) is 0 Å². The molecular weight excluding hydrogens is 294 g/mol. The maximum absolute atomic E-state index is 9.19. The molecular formula is C13H12BClN2O2S. The van der Waals surface area contributed by atoms with Crippen LogP contribution in [0.5, 0.6) is 0 Å². The number of hydrogen-bond donors (Lipinski definition) is 4. The number of hydrogen-bond acceptors (Lipinski definition) is 3. The average Bonchev–Trinajstić information content (AvgIpc) is 2.42. The van der Waals surface area contributed by atoms with Gasteiger partial charge in [-0.3, -0.25) is 0 Å². The fourth-order valence-corrected chi connectivity index (χ4v) is 2.15. The molecule has 20 heavy (non-hydrogen) atoms. The Morgan fingerprint density at radius 3 is 2.35 bits per heavy atom. The summed E-state index contributed by atoms with van der Waals surface area (Å²) in [4.78, 5) is 0. The molecule has 2 aromatic carbocycles. The molecule has 0 unspecified atom stereocenters. The molecule has 0 saturated heterocycles. The van der Waals surface area contributed by atoms with Crippen molar-refractivity contribution < 1.29 is 10.0 Å². The Labute approximate surface area is 127 Å². The molecule has 0 bridgehead atoms. The van der Waals surface area contributed by atoms with E-state index in [4.69, 9.17) is 23.8 Å². The van der Waals surface area contributed by atoms with Crippen molar-refractivity contribution in [2.75, 3.05) is 10.6 Å². The third-order valence-electron chi connectivity index (χ3n) is 2.59. The fourth-order valence-electron chi connectivity index (χ4n) is 1.65. The van der Waals surface area contributed by atoms with Gasteiger partial charge in [-0.2, -0.15) is 0 Å². The van der Waals surface area contributed by atoms with E-state index in [1.54, 1.807) is 12.1 Å². The number of benzene rings is 2. The first-order valence-electron chi connectivity index (χ1n) is 5.85. The molecule has 4 N–H and O–H groups in total. The van der Waals surface area contributed by atoms with Crippen LogP contribution in [0.3, 0.4) is 0 Å². The van der Waals surface area contributed by atoms with Crippen molar-refractivity contribution in [3.63, 3.8) is 0 Å². The molecule has 0 fully saturated rings. The lowest BCUT2D eigenvalue weighted by Crippen LogP contribution is -2.31. The van der Waals surface area contributed by atoms with Gasteiger partial charge in [-0.05, 0) is 30.4 Å². The van der Waals surface area contributed by atoms with Crippen LogP contribution in [0.15, 0.2) is 48.5 Å². The van der Waals surface area contributed by atoms with Gasteiger partial charge in [0.15, 0.2) is 5.11 Å². The molecule has 4 nitrogen and oxygen atoms in total. The van der Waals surface area contributed by atoms with E-state index in [0.29, 0.717) is 10.8 Å². The zero-order valence-corrected chi connectivity index (χ0v) is 11.9. The summed E-state index contributed by atoms with van der Waals surface area (Å²) >= 11 is 11.3. The number of thiocarbonyl (C=S) groups is 1. The Kier molecular flexibility index (Phi) is 4.97. The normalized spacial score (nSPS) is 9.95. The van der Waals surface area contributed by atoms with Gasteiger partial charge in [0.05, 0.1) is 10.7 Å². The van der Waals surface area contributed by atoms with Crippen LogP contribution < -0.4 is 16.1 Å². The van der Waals surface area contributed by atoms with E-state index in [0.717, 1.165) is 5.69 Å². The lowest BCUT2D eigenvalue weighted by atomic mass is 9.80. The summed E-state index contributed by atoms with van der Waals surface area (Å²) in [7, 11) is -1.63. The largest absolute Gasteiger partial charge is 0.490 e. The van der Waals surface area contributed by atoms with E-state index in [9.17, 15) is 10.0 Å². The zero-order valence-electron chi connectivity index (χ0n) is 10.4. The van der Waals surface area contributed by atoms with E-state index in [1.807, 2.05) is 30.3 Å². The van der Waals surface area contributed by atoms with E-state index in [1.165, 1.54) is 6.07 Å². The second kappa shape index (κ2) is 6.72. The second-order valence-corrected chi connectivity index (χ2v) is 4.81. The molecule has 0 heterocycles.